The fraction of sp³-hybridized carbons (Fsp3) is 0.448. The zero-order valence-corrected chi connectivity index (χ0v) is 24.6. The summed E-state index contributed by atoms with van der Waals surface area (Å²) in [7, 11) is -2.84. The zero-order valence-electron chi connectivity index (χ0n) is 23.6. The molecule has 0 radical (unpaired) electrons. The molecule has 2 aliphatic heterocycles. The molecule has 0 saturated carbocycles. The minimum atomic E-state index is -2.84. The summed E-state index contributed by atoms with van der Waals surface area (Å²) in [6.45, 7) is 7.36. The summed E-state index contributed by atoms with van der Waals surface area (Å²) in [4.78, 5) is 37.1. The molecule has 5 rings (SSSR count). The highest BCUT2D eigenvalue weighted by molar-refractivity contribution is 6.71. The van der Waals surface area contributed by atoms with Crippen LogP contribution >= 0.6 is 0 Å². The molecule has 1 fully saturated rings. The number of rotatable bonds is 9. The molecule has 1 saturated heterocycles. The standard InChI is InChI=1S/C29H37N5O6Si/c1-17-26(41(3,4)39)25(12-13-34-15-24(32-33-34)21(16-35)19-8-6-5-7-9-19)40-29(17)22-14-20(30-27(37)18(2)36)10-11-23(22)31-28(29)38/h5-11,14-15,17-18,21,25-26,35-36,39H,12-13,16H2,1-4H3,(H,30,37)(H,31,38)/t17-,18+,21?,25+,26-,29+/m1/s1. The third kappa shape index (κ3) is 5.33. The Labute approximate surface area is 239 Å². The molecular formula is C29H37N5O6Si. The Hall–Kier alpha value is -3.42. The van der Waals surface area contributed by atoms with Gasteiger partial charge in [-0.05, 0) is 50.2 Å². The maximum atomic E-state index is 13.6. The van der Waals surface area contributed by atoms with Crippen LogP contribution in [0.2, 0.25) is 18.6 Å². The Kier molecular flexibility index (Phi) is 7.87. The highest BCUT2D eigenvalue weighted by atomic mass is 28.4. The van der Waals surface area contributed by atoms with Gasteiger partial charge >= 0.3 is 0 Å². The van der Waals surface area contributed by atoms with Crippen molar-refractivity contribution in [2.45, 2.75) is 69.2 Å². The molecule has 1 unspecified atom stereocenters. The molecule has 11 nitrogen and oxygen atoms in total. The van der Waals surface area contributed by atoms with Crippen LogP contribution in [0.1, 0.15) is 43.0 Å². The van der Waals surface area contributed by atoms with Gasteiger partial charge in [0.1, 0.15) is 6.10 Å². The number of fused-ring (bicyclic) bond motifs is 2. The van der Waals surface area contributed by atoms with Gasteiger partial charge in [0.2, 0.25) is 0 Å². The van der Waals surface area contributed by atoms with Crippen LogP contribution in [0.25, 0.3) is 0 Å². The van der Waals surface area contributed by atoms with Crippen molar-refractivity contribution in [3.63, 3.8) is 0 Å². The fourth-order valence-electron chi connectivity index (χ4n) is 6.39. The first kappa shape index (κ1) is 29.1. The third-order valence-corrected chi connectivity index (χ3v) is 10.8. The third-order valence-electron chi connectivity index (χ3n) is 8.33. The molecule has 2 amide bonds. The second kappa shape index (κ2) is 11.1. The Bertz CT molecular complexity index is 1420. The number of anilines is 2. The zero-order chi connectivity index (χ0) is 29.5. The van der Waals surface area contributed by atoms with Crippen molar-refractivity contribution in [1.82, 2.24) is 15.0 Å². The molecule has 218 valence electrons. The first-order valence-corrected chi connectivity index (χ1v) is 16.9. The number of benzene rings is 2. The number of aromatic nitrogens is 3. The minimum Gasteiger partial charge on any atom is -0.432 e. The lowest BCUT2D eigenvalue weighted by Crippen LogP contribution is -2.43. The molecule has 1 spiro atoms. The molecule has 3 heterocycles. The van der Waals surface area contributed by atoms with Gasteiger partial charge in [-0.15, -0.1) is 5.10 Å². The number of carbonyl (C=O) groups excluding carboxylic acids is 2. The van der Waals surface area contributed by atoms with Crippen LogP contribution in [0.5, 0.6) is 0 Å². The molecule has 5 N–H and O–H groups in total. The highest BCUT2D eigenvalue weighted by Crippen LogP contribution is 2.58. The smallest absolute Gasteiger partial charge is 0.261 e. The topological polar surface area (TPSA) is 159 Å². The van der Waals surface area contributed by atoms with Crippen molar-refractivity contribution in [1.29, 1.82) is 0 Å². The summed E-state index contributed by atoms with van der Waals surface area (Å²) in [5, 5.41) is 33.8. The average molecular weight is 580 g/mol. The summed E-state index contributed by atoms with van der Waals surface area (Å²) in [6.07, 6.45) is 0.658. The molecule has 3 aromatic rings. The van der Waals surface area contributed by atoms with Crippen LogP contribution < -0.4 is 10.6 Å². The van der Waals surface area contributed by atoms with Gasteiger partial charge in [0.05, 0.1) is 24.3 Å². The van der Waals surface area contributed by atoms with E-state index < -0.39 is 32.0 Å². The number of amides is 2. The highest BCUT2D eigenvalue weighted by Gasteiger charge is 2.64. The lowest BCUT2D eigenvalue weighted by molar-refractivity contribution is -0.143. The normalized spacial score (nSPS) is 25.1. The number of nitrogens with one attached hydrogen (secondary N) is 2. The Balaban J connectivity index is 1.40. The van der Waals surface area contributed by atoms with Crippen LogP contribution in [0, 0.1) is 5.92 Å². The number of carbonyl (C=O) groups is 2. The number of aryl methyl sites for hydroxylation is 1. The predicted octanol–water partition coefficient (Wildman–Crippen LogP) is 2.56. The SMILES string of the molecule is C[C@H](O)C(=O)Nc1ccc2c(c1)[C@]1(O[C@@H](CCn3cc(C(CO)c4ccccc4)nn3)[C@H]([Si](C)(C)O)[C@H]1C)C(=O)N2. The number of hydrogen-bond donors (Lipinski definition) is 5. The van der Waals surface area contributed by atoms with E-state index in [1.54, 1.807) is 22.9 Å². The van der Waals surface area contributed by atoms with Gasteiger partial charge in [0.25, 0.3) is 11.8 Å². The van der Waals surface area contributed by atoms with E-state index in [2.05, 4.69) is 20.9 Å². The minimum absolute atomic E-state index is 0.102. The van der Waals surface area contributed by atoms with Crippen molar-refractivity contribution in [2.75, 3.05) is 17.2 Å². The average Bonchev–Trinajstić information content (AvgIpc) is 3.59. The Morgan fingerprint density at radius 1 is 1.24 bits per heavy atom. The van der Waals surface area contributed by atoms with Gasteiger partial charge in [0, 0.05) is 41.1 Å². The van der Waals surface area contributed by atoms with Crippen LogP contribution in [0.4, 0.5) is 11.4 Å². The Morgan fingerprint density at radius 2 is 1.98 bits per heavy atom. The first-order chi connectivity index (χ1) is 19.5. The maximum Gasteiger partial charge on any atom is 0.261 e. The van der Waals surface area contributed by atoms with Crippen LogP contribution in [0.15, 0.2) is 54.7 Å². The monoisotopic (exact) mass is 579 g/mol. The maximum absolute atomic E-state index is 13.6. The van der Waals surface area contributed by atoms with E-state index in [9.17, 15) is 24.6 Å². The van der Waals surface area contributed by atoms with Gasteiger partial charge in [-0.25, -0.2) is 0 Å². The fourth-order valence-corrected chi connectivity index (χ4v) is 8.99. The first-order valence-electron chi connectivity index (χ1n) is 13.9. The summed E-state index contributed by atoms with van der Waals surface area (Å²) in [5.74, 6) is -1.51. The quantitative estimate of drug-likeness (QED) is 0.242. The number of aliphatic hydroxyl groups excluding tert-OH is 2. The summed E-state index contributed by atoms with van der Waals surface area (Å²) in [6, 6.07) is 14.7. The van der Waals surface area contributed by atoms with Crippen LogP contribution in [-0.2, 0) is 26.5 Å². The van der Waals surface area contributed by atoms with E-state index in [1.807, 2.05) is 56.5 Å². The summed E-state index contributed by atoms with van der Waals surface area (Å²) in [5.41, 5.74) is 1.61. The lowest BCUT2D eigenvalue weighted by Gasteiger charge is -2.32. The molecule has 0 bridgehead atoms. The van der Waals surface area contributed by atoms with E-state index >= 15 is 0 Å². The van der Waals surface area contributed by atoms with Gasteiger partial charge in [0.15, 0.2) is 13.9 Å². The van der Waals surface area contributed by atoms with Crippen LogP contribution in [0.3, 0.4) is 0 Å². The molecule has 6 atom stereocenters. The van der Waals surface area contributed by atoms with Crippen molar-refractivity contribution in [3.05, 3.63) is 71.5 Å². The van der Waals surface area contributed by atoms with E-state index in [-0.39, 0.29) is 29.9 Å². The molecule has 41 heavy (non-hydrogen) atoms. The van der Waals surface area contributed by atoms with E-state index in [0.29, 0.717) is 35.6 Å². The second-order valence-corrected chi connectivity index (χ2v) is 15.6. The van der Waals surface area contributed by atoms with Crippen molar-refractivity contribution in [2.24, 2.45) is 5.92 Å². The van der Waals surface area contributed by atoms with Crippen molar-refractivity contribution in [3.8, 4) is 0 Å². The number of hydrogen-bond acceptors (Lipinski definition) is 8. The van der Waals surface area contributed by atoms with Crippen molar-refractivity contribution < 1.29 is 29.3 Å². The lowest BCUT2D eigenvalue weighted by atomic mass is 9.82. The summed E-state index contributed by atoms with van der Waals surface area (Å²) < 4.78 is 8.38. The van der Waals surface area contributed by atoms with Gasteiger partial charge in [-0.1, -0.05) is 42.5 Å². The molecular weight excluding hydrogens is 542 g/mol. The largest absolute Gasteiger partial charge is 0.432 e. The van der Waals surface area contributed by atoms with E-state index in [0.717, 1.165) is 5.56 Å². The number of aliphatic hydroxyl groups is 2. The number of nitrogens with zero attached hydrogens (tertiary/aromatic N) is 3. The second-order valence-electron chi connectivity index (χ2n) is 11.6. The molecule has 1 aromatic heterocycles. The molecule has 2 aliphatic rings. The van der Waals surface area contributed by atoms with E-state index in [4.69, 9.17) is 4.74 Å². The van der Waals surface area contributed by atoms with Gasteiger partial charge in [-0.2, -0.15) is 0 Å². The van der Waals surface area contributed by atoms with Crippen molar-refractivity contribution >= 4 is 31.5 Å². The van der Waals surface area contributed by atoms with Gasteiger partial charge in [-0.3, -0.25) is 14.3 Å². The van der Waals surface area contributed by atoms with Gasteiger partial charge < -0.3 is 30.4 Å². The van der Waals surface area contributed by atoms with E-state index in [1.165, 1.54) is 6.92 Å². The Morgan fingerprint density at radius 3 is 2.63 bits per heavy atom. The van der Waals surface area contributed by atoms with Crippen LogP contribution in [-0.4, -0.2) is 68.9 Å². The predicted molar refractivity (Wildman–Crippen MR) is 155 cm³/mol. The summed E-state index contributed by atoms with van der Waals surface area (Å²) >= 11 is 0. The number of ether oxygens (including phenoxy) is 1. The molecule has 2 aromatic carbocycles. The molecule has 12 heteroatoms. The molecule has 0 aliphatic carbocycles.